The van der Waals surface area contributed by atoms with E-state index in [0.717, 1.165) is 19.5 Å². The summed E-state index contributed by atoms with van der Waals surface area (Å²) in [5.41, 5.74) is 5.97. The van der Waals surface area contributed by atoms with Crippen molar-refractivity contribution in [1.29, 1.82) is 0 Å². The van der Waals surface area contributed by atoms with Crippen LogP contribution in [0, 0.1) is 5.92 Å². The summed E-state index contributed by atoms with van der Waals surface area (Å²) in [6.07, 6.45) is 2.25. The van der Waals surface area contributed by atoms with Gasteiger partial charge in [-0.1, -0.05) is 12.0 Å². The predicted octanol–water partition coefficient (Wildman–Crippen LogP) is -0.237. The second kappa shape index (κ2) is 3.91. The van der Waals surface area contributed by atoms with Gasteiger partial charge in [-0.25, -0.2) is 0 Å². The van der Waals surface area contributed by atoms with Crippen molar-refractivity contribution in [2.75, 3.05) is 18.0 Å². The van der Waals surface area contributed by atoms with Crippen LogP contribution in [0.25, 0.3) is 0 Å². The first kappa shape index (κ1) is 9.39. The van der Waals surface area contributed by atoms with Crippen molar-refractivity contribution in [3.8, 4) is 0 Å². The Balaban J connectivity index is 2.09. The normalized spacial score (nSPS) is 28.9. The summed E-state index contributed by atoms with van der Waals surface area (Å²) in [5.74, 6) is 1.30. The molecule has 0 aliphatic carbocycles. The molecule has 0 radical (unpaired) electrons. The molecule has 1 aromatic heterocycles. The number of aromatic amines is 1. The van der Waals surface area contributed by atoms with E-state index in [2.05, 4.69) is 32.4 Å². The zero-order valence-corrected chi connectivity index (χ0v) is 8.35. The molecule has 1 saturated heterocycles. The van der Waals surface area contributed by atoms with Crippen molar-refractivity contribution in [3.63, 3.8) is 0 Å². The van der Waals surface area contributed by atoms with Crippen LogP contribution in [0.5, 0.6) is 0 Å². The van der Waals surface area contributed by atoms with Gasteiger partial charge in [0.25, 0.3) is 5.95 Å². The summed E-state index contributed by atoms with van der Waals surface area (Å²) in [6, 6.07) is 0.221. The highest BCUT2D eigenvalue weighted by atomic mass is 15.5. The smallest absolute Gasteiger partial charge is 0.265 e. The van der Waals surface area contributed by atoms with Crippen LogP contribution >= 0.6 is 0 Å². The Morgan fingerprint density at radius 1 is 1.43 bits per heavy atom. The van der Waals surface area contributed by atoms with Crippen LogP contribution in [0.15, 0.2) is 0 Å². The van der Waals surface area contributed by atoms with Crippen LogP contribution in [0.1, 0.15) is 19.8 Å². The standard InChI is InChI=1S/C8H16N6/c1-6-2-3-7(9)5-14(4-6)8-10-12-13-11-8/h6-7H,2-5,9H2,1H3,(H,10,11,12,13). The second-order valence-corrected chi connectivity index (χ2v) is 4.06. The summed E-state index contributed by atoms with van der Waals surface area (Å²) in [6.45, 7) is 4.02. The van der Waals surface area contributed by atoms with Gasteiger partial charge in [-0.3, -0.25) is 0 Å². The van der Waals surface area contributed by atoms with Gasteiger partial charge in [0.2, 0.25) is 0 Å². The molecule has 1 aliphatic heterocycles. The Bertz CT molecular complexity index is 259. The lowest BCUT2D eigenvalue weighted by molar-refractivity contribution is 0.528. The highest BCUT2D eigenvalue weighted by Gasteiger charge is 2.21. The SMILES string of the molecule is CC1CCC(N)CN(c2nn[nH]n2)C1. The first-order valence-electron chi connectivity index (χ1n) is 4.99. The quantitative estimate of drug-likeness (QED) is 0.648. The largest absolute Gasteiger partial charge is 0.336 e. The molecule has 1 aromatic rings. The molecule has 2 unspecified atom stereocenters. The Hall–Kier alpha value is -1.17. The molecule has 0 bridgehead atoms. The number of hydrogen-bond acceptors (Lipinski definition) is 5. The summed E-state index contributed by atoms with van der Waals surface area (Å²) in [5, 5.41) is 14.0. The first-order chi connectivity index (χ1) is 6.75. The number of H-pyrrole nitrogens is 1. The van der Waals surface area contributed by atoms with Crippen LogP contribution in [0.4, 0.5) is 5.95 Å². The fourth-order valence-electron chi connectivity index (χ4n) is 1.87. The van der Waals surface area contributed by atoms with Gasteiger partial charge in [0, 0.05) is 19.1 Å². The van der Waals surface area contributed by atoms with E-state index in [1.165, 1.54) is 6.42 Å². The maximum absolute atomic E-state index is 5.97. The molecule has 6 heteroatoms. The molecular weight excluding hydrogens is 180 g/mol. The van der Waals surface area contributed by atoms with Gasteiger partial charge in [-0.05, 0) is 24.0 Å². The third-order valence-electron chi connectivity index (χ3n) is 2.63. The van der Waals surface area contributed by atoms with Gasteiger partial charge in [-0.15, -0.1) is 5.10 Å². The average molecular weight is 196 g/mol. The molecule has 2 heterocycles. The molecular formula is C8H16N6. The minimum absolute atomic E-state index is 0.221. The number of nitrogens with zero attached hydrogens (tertiary/aromatic N) is 4. The van der Waals surface area contributed by atoms with Gasteiger partial charge in [0.05, 0.1) is 0 Å². The molecule has 1 aliphatic rings. The molecule has 2 rings (SSSR count). The van der Waals surface area contributed by atoms with Gasteiger partial charge >= 0.3 is 0 Å². The highest BCUT2D eigenvalue weighted by molar-refractivity contribution is 5.27. The Kier molecular flexibility index (Phi) is 2.62. The van der Waals surface area contributed by atoms with E-state index in [9.17, 15) is 0 Å². The maximum Gasteiger partial charge on any atom is 0.265 e. The summed E-state index contributed by atoms with van der Waals surface area (Å²) in [7, 11) is 0. The van der Waals surface area contributed by atoms with Crippen LogP contribution in [-0.4, -0.2) is 39.8 Å². The summed E-state index contributed by atoms with van der Waals surface area (Å²) >= 11 is 0. The maximum atomic E-state index is 5.97. The van der Waals surface area contributed by atoms with Crippen molar-refractivity contribution in [1.82, 2.24) is 20.6 Å². The Morgan fingerprint density at radius 3 is 3.00 bits per heavy atom. The van der Waals surface area contributed by atoms with Crippen molar-refractivity contribution in [2.45, 2.75) is 25.8 Å². The molecule has 1 fully saturated rings. The number of nitrogens with two attached hydrogens (primary N) is 1. The minimum atomic E-state index is 0.221. The van der Waals surface area contributed by atoms with Crippen LogP contribution in [0.2, 0.25) is 0 Å². The fourth-order valence-corrected chi connectivity index (χ4v) is 1.87. The molecule has 0 saturated carbocycles. The topological polar surface area (TPSA) is 83.7 Å². The van der Waals surface area contributed by atoms with E-state index in [1.54, 1.807) is 0 Å². The minimum Gasteiger partial charge on any atom is -0.336 e. The summed E-state index contributed by atoms with van der Waals surface area (Å²) in [4.78, 5) is 2.10. The van der Waals surface area contributed by atoms with E-state index in [0.29, 0.717) is 11.9 Å². The number of aromatic nitrogens is 4. The second-order valence-electron chi connectivity index (χ2n) is 4.06. The first-order valence-corrected chi connectivity index (χ1v) is 4.99. The van der Waals surface area contributed by atoms with Gasteiger partial charge < -0.3 is 10.6 Å². The monoisotopic (exact) mass is 196 g/mol. The van der Waals surface area contributed by atoms with E-state index in [4.69, 9.17) is 5.73 Å². The van der Waals surface area contributed by atoms with Crippen LogP contribution in [0.3, 0.4) is 0 Å². The van der Waals surface area contributed by atoms with Gasteiger partial charge in [-0.2, -0.15) is 5.21 Å². The Labute approximate surface area is 82.9 Å². The van der Waals surface area contributed by atoms with Crippen LogP contribution < -0.4 is 10.6 Å². The third kappa shape index (κ3) is 2.01. The average Bonchev–Trinajstić information content (AvgIpc) is 2.61. The van der Waals surface area contributed by atoms with Crippen molar-refractivity contribution < 1.29 is 0 Å². The lowest BCUT2D eigenvalue weighted by Crippen LogP contribution is -2.37. The number of rotatable bonds is 1. The molecule has 3 N–H and O–H groups in total. The summed E-state index contributed by atoms with van der Waals surface area (Å²) < 4.78 is 0. The molecule has 2 atom stereocenters. The lowest BCUT2D eigenvalue weighted by Gasteiger charge is -2.21. The van der Waals surface area contributed by atoms with E-state index in [1.807, 2.05) is 0 Å². The van der Waals surface area contributed by atoms with Crippen molar-refractivity contribution in [2.24, 2.45) is 11.7 Å². The van der Waals surface area contributed by atoms with Crippen LogP contribution in [-0.2, 0) is 0 Å². The zero-order valence-electron chi connectivity index (χ0n) is 8.35. The van der Waals surface area contributed by atoms with Crippen molar-refractivity contribution >= 4 is 5.95 Å². The molecule has 0 amide bonds. The lowest BCUT2D eigenvalue weighted by atomic mass is 10.0. The van der Waals surface area contributed by atoms with Gasteiger partial charge in [0.15, 0.2) is 0 Å². The third-order valence-corrected chi connectivity index (χ3v) is 2.63. The Morgan fingerprint density at radius 2 is 2.29 bits per heavy atom. The number of anilines is 1. The number of hydrogen-bond donors (Lipinski definition) is 2. The molecule has 14 heavy (non-hydrogen) atoms. The molecule has 0 spiro atoms. The molecule has 78 valence electrons. The van der Waals surface area contributed by atoms with E-state index in [-0.39, 0.29) is 6.04 Å². The van der Waals surface area contributed by atoms with E-state index >= 15 is 0 Å². The molecule has 0 aromatic carbocycles. The predicted molar refractivity (Wildman–Crippen MR) is 52.8 cm³/mol. The van der Waals surface area contributed by atoms with Crippen molar-refractivity contribution in [3.05, 3.63) is 0 Å². The number of nitrogens with one attached hydrogen (secondary N) is 1. The zero-order chi connectivity index (χ0) is 9.97. The molecule has 6 nitrogen and oxygen atoms in total. The number of tetrazole rings is 1. The van der Waals surface area contributed by atoms with E-state index < -0.39 is 0 Å². The van der Waals surface area contributed by atoms with Gasteiger partial charge in [0.1, 0.15) is 0 Å². The fraction of sp³-hybridized carbons (Fsp3) is 0.875. The highest BCUT2D eigenvalue weighted by Crippen LogP contribution is 2.17.